The molecular formula is C11H21NO2. The second-order valence-electron chi connectivity index (χ2n) is 3.95. The lowest BCUT2D eigenvalue weighted by molar-refractivity contribution is -0.150. The minimum Gasteiger partial charge on any atom is -0.466 e. The van der Waals surface area contributed by atoms with Gasteiger partial charge in [-0.3, -0.25) is 4.79 Å². The molecule has 2 atom stereocenters. The number of likely N-dealkylation sites (tertiary alicyclic amines) is 1. The molecule has 0 aliphatic carbocycles. The van der Waals surface area contributed by atoms with Crippen molar-refractivity contribution in [2.45, 2.75) is 39.7 Å². The minimum atomic E-state index is -0.00453. The average Bonchev–Trinajstić information content (AvgIpc) is 2.18. The maximum atomic E-state index is 11.5. The number of nitrogens with zero attached hydrogens (tertiary/aromatic N) is 1. The summed E-state index contributed by atoms with van der Waals surface area (Å²) in [5, 5.41) is 0. The highest BCUT2D eigenvalue weighted by molar-refractivity contribution is 5.72. The maximum Gasteiger partial charge on any atom is 0.309 e. The molecule has 0 aromatic rings. The van der Waals surface area contributed by atoms with Gasteiger partial charge in [0.25, 0.3) is 0 Å². The topological polar surface area (TPSA) is 29.5 Å². The molecule has 0 saturated carbocycles. The van der Waals surface area contributed by atoms with Crippen molar-refractivity contribution < 1.29 is 9.53 Å². The van der Waals surface area contributed by atoms with Crippen molar-refractivity contribution in [2.75, 3.05) is 19.7 Å². The lowest BCUT2D eigenvalue weighted by atomic mass is 9.92. The number of hydrogen-bond donors (Lipinski definition) is 0. The summed E-state index contributed by atoms with van der Waals surface area (Å²) in [7, 11) is 0. The van der Waals surface area contributed by atoms with Gasteiger partial charge in [-0.2, -0.15) is 0 Å². The first-order valence-electron chi connectivity index (χ1n) is 5.59. The Morgan fingerprint density at radius 2 is 2.21 bits per heavy atom. The van der Waals surface area contributed by atoms with Crippen molar-refractivity contribution in [3.05, 3.63) is 0 Å². The van der Waals surface area contributed by atoms with E-state index in [-0.39, 0.29) is 11.9 Å². The normalized spacial score (nSPS) is 28.8. The van der Waals surface area contributed by atoms with E-state index in [0.29, 0.717) is 12.6 Å². The highest BCUT2D eigenvalue weighted by Crippen LogP contribution is 2.23. The van der Waals surface area contributed by atoms with Gasteiger partial charge in [0.1, 0.15) is 0 Å². The predicted octanol–water partition coefficient (Wildman–Crippen LogP) is 1.67. The zero-order valence-corrected chi connectivity index (χ0v) is 9.45. The van der Waals surface area contributed by atoms with E-state index in [0.717, 1.165) is 25.9 Å². The van der Waals surface area contributed by atoms with Gasteiger partial charge in [0.15, 0.2) is 0 Å². The molecular weight excluding hydrogens is 178 g/mol. The van der Waals surface area contributed by atoms with Crippen LogP contribution >= 0.6 is 0 Å². The summed E-state index contributed by atoms with van der Waals surface area (Å²) >= 11 is 0. The highest BCUT2D eigenvalue weighted by Gasteiger charge is 2.29. The number of ether oxygens (including phenoxy) is 1. The third-order valence-corrected chi connectivity index (χ3v) is 3.04. The van der Waals surface area contributed by atoms with E-state index in [1.54, 1.807) is 0 Å². The molecule has 0 amide bonds. The maximum absolute atomic E-state index is 11.5. The van der Waals surface area contributed by atoms with E-state index < -0.39 is 0 Å². The van der Waals surface area contributed by atoms with Crippen LogP contribution in [0.2, 0.25) is 0 Å². The van der Waals surface area contributed by atoms with Gasteiger partial charge in [0, 0.05) is 6.04 Å². The summed E-state index contributed by atoms with van der Waals surface area (Å²) in [5.74, 6) is 0.128. The zero-order chi connectivity index (χ0) is 10.6. The molecule has 2 unspecified atom stereocenters. The Bertz CT molecular complexity index is 194. The molecule has 1 saturated heterocycles. The summed E-state index contributed by atoms with van der Waals surface area (Å²) in [6.45, 7) is 8.83. The Hall–Kier alpha value is -0.570. The Balaban J connectivity index is 2.41. The summed E-state index contributed by atoms with van der Waals surface area (Å²) in [6, 6.07) is 0.517. The van der Waals surface area contributed by atoms with Crippen LogP contribution < -0.4 is 0 Å². The van der Waals surface area contributed by atoms with Crippen molar-refractivity contribution in [3.8, 4) is 0 Å². The molecule has 0 radical (unpaired) electrons. The van der Waals surface area contributed by atoms with Crippen molar-refractivity contribution in [2.24, 2.45) is 5.92 Å². The summed E-state index contributed by atoms with van der Waals surface area (Å²) in [6.07, 6.45) is 1.91. The minimum absolute atomic E-state index is 0.00453. The summed E-state index contributed by atoms with van der Waals surface area (Å²) in [4.78, 5) is 13.9. The smallest absolute Gasteiger partial charge is 0.309 e. The van der Waals surface area contributed by atoms with E-state index in [9.17, 15) is 4.79 Å². The quantitative estimate of drug-likeness (QED) is 0.648. The number of piperidine rings is 1. The molecule has 0 aromatic heterocycles. The monoisotopic (exact) mass is 199 g/mol. The van der Waals surface area contributed by atoms with Crippen LogP contribution in [0.15, 0.2) is 0 Å². The van der Waals surface area contributed by atoms with Crippen LogP contribution in [-0.4, -0.2) is 36.6 Å². The molecule has 1 rings (SSSR count). The third kappa shape index (κ3) is 2.71. The van der Waals surface area contributed by atoms with E-state index >= 15 is 0 Å². The highest BCUT2D eigenvalue weighted by atomic mass is 16.5. The zero-order valence-electron chi connectivity index (χ0n) is 9.45. The Morgan fingerprint density at radius 3 is 2.71 bits per heavy atom. The van der Waals surface area contributed by atoms with Crippen molar-refractivity contribution >= 4 is 5.97 Å². The van der Waals surface area contributed by atoms with E-state index in [1.165, 1.54) is 0 Å². The van der Waals surface area contributed by atoms with Crippen LogP contribution in [-0.2, 0) is 9.53 Å². The first-order chi connectivity index (χ1) is 6.69. The molecule has 0 spiro atoms. The summed E-state index contributed by atoms with van der Waals surface area (Å²) < 4.78 is 5.04. The van der Waals surface area contributed by atoms with Crippen LogP contribution in [0.5, 0.6) is 0 Å². The Labute approximate surface area is 86.4 Å². The van der Waals surface area contributed by atoms with Gasteiger partial charge in [0.2, 0.25) is 0 Å². The molecule has 14 heavy (non-hydrogen) atoms. The van der Waals surface area contributed by atoms with Gasteiger partial charge >= 0.3 is 5.97 Å². The molecule has 1 aliphatic rings. The van der Waals surface area contributed by atoms with Crippen molar-refractivity contribution in [3.63, 3.8) is 0 Å². The number of rotatable bonds is 3. The fourth-order valence-corrected chi connectivity index (χ4v) is 2.16. The van der Waals surface area contributed by atoms with E-state index in [1.807, 2.05) is 6.92 Å². The van der Waals surface area contributed by atoms with Crippen LogP contribution in [0.4, 0.5) is 0 Å². The molecule has 1 fully saturated rings. The fourth-order valence-electron chi connectivity index (χ4n) is 2.16. The largest absolute Gasteiger partial charge is 0.466 e. The summed E-state index contributed by atoms with van der Waals surface area (Å²) in [5.41, 5.74) is 0. The van der Waals surface area contributed by atoms with Crippen molar-refractivity contribution in [1.29, 1.82) is 0 Å². The lowest BCUT2D eigenvalue weighted by Gasteiger charge is -2.35. The Morgan fingerprint density at radius 1 is 1.50 bits per heavy atom. The lowest BCUT2D eigenvalue weighted by Crippen LogP contribution is -2.42. The molecule has 1 aliphatic heterocycles. The first kappa shape index (κ1) is 11.5. The third-order valence-electron chi connectivity index (χ3n) is 3.04. The van der Waals surface area contributed by atoms with Gasteiger partial charge in [-0.15, -0.1) is 0 Å². The molecule has 0 N–H and O–H groups in total. The van der Waals surface area contributed by atoms with Crippen molar-refractivity contribution in [1.82, 2.24) is 4.90 Å². The molecule has 1 heterocycles. The molecule has 82 valence electrons. The Kier molecular flexibility index (Phi) is 4.39. The second-order valence-corrected chi connectivity index (χ2v) is 3.95. The first-order valence-corrected chi connectivity index (χ1v) is 5.59. The van der Waals surface area contributed by atoms with Gasteiger partial charge in [-0.05, 0) is 39.8 Å². The molecule has 0 aromatic carbocycles. The van der Waals surface area contributed by atoms with Gasteiger partial charge in [-0.1, -0.05) is 6.92 Å². The number of esters is 1. The van der Waals surface area contributed by atoms with Gasteiger partial charge in [0.05, 0.1) is 12.5 Å². The SMILES string of the molecule is CCOC(=O)C1CCN(CC)C(C)C1. The number of carbonyl (C=O) groups excluding carboxylic acids is 1. The van der Waals surface area contributed by atoms with E-state index in [2.05, 4.69) is 18.7 Å². The predicted molar refractivity (Wildman–Crippen MR) is 56.1 cm³/mol. The van der Waals surface area contributed by atoms with Crippen LogP contribution in [0.25, 0.3) is 0 Å². The standard InChI is InChI=1S/C11H21NO2/c1-4-12-7-6-10(8-9(12)3)11(13)14-5-2/h9-10H,4-8H2,1-3H3. The number of hydrogen-bond acceptors (Lipinski definition) is 3. The average molecular weight is 199 g/mol. The molecule has 0 bridgehead atoms. The van der Waals surface area contributed by atoms with Gasteiger partial charge in [-0.25, -0.2) is 0 Å². The van der Waals surface area contributed by atoms with Crippen LogP contribution in [0.3, 0.4) is 0 Å². The van der Waals surface area contributed by atoms with Crippen LogP contribution in [0.1, 0.15) is 33.6 Å². The molecule has 3 nitrogen and oxygen atoms in total. The van der Waals surface area contributed by atoms with Crippen LogP contribution in [0, 0.1) is 5.92 Å². The second kappa shape index (κ2) is 5.35. The van der Waals surface area contributed by atoms with E-state index in [4.69, 9.17) is 4.74 Å². The van der Waals surface area contributed by atoms with Gasteiger partial charge < -0.3 is 9.64 Å². The molecule has 3 heteroatoms. The fraction of sp³-hybridized carbons (Fsp3) is 0.909. The number of carbonyl (C=O) groups is 1.